The predicted molar refractivity (Wildman–Crippen MR) is 84.4 cm³/mol. The minimum Gasteiger partial charge on any atom is -0.501 e. The van der Waals surface area contributed by atoms with Crippen LogP contribution in [0.4, 0.5) is 0 Å². The number of aromatic hydroxyl groups is 1. The van der Waals surface area contributed by atoms with Crippen LogP contribution in [0.2, 0.25) is 0 Å². The predicted octanol–water partition coefficient (Wildman–Crippen LogP) is 2.72. The first-order valence-corrected chi connectivity index (χ1v) is 8.48. The molecule has 0 bridgehead atoms. The number of halogens is 1. The zero-order chi connectivity index (χ0) is 17.0. The monoisotopic (exact) mass is 407 g/mol. The molecule has 0 aromatic carbocycles. The third-order valence-corrected chi connectivity index (χ3v) is 4.09. The number of carbonyl (C=O) groups is 1. The molecule has 0 radical (unpaired) electrons. The van der Waals surface area contributed by atoms with Crippen molar-refractivity contribution in [1.29, 1.82) is 0 Å². The second-order valence-corrected chi connectivity index (χ2v) is 6.34. The van der Waals surface area contributed by atoms with Gasteiger partial charge in [0, 0.05) is 13.5 Å². The summed E-state index contributed by atoms with van der Waals surface area (Å²) in [5, 5.41) is 10.2. The van der Waals surface area contributed by atoms with Crippen LogP contribution in [-0.4, -0.2) is 26.4 Å². The number of ether oxygens (including phenoxy) is 1. The van der Waals surface area contributed by atoms with Gasteiger partial charge < -0.3 is 18.7 Å². The van der Waals surface area contributed by atoms with Gasteiger partial charge in [-0.15, -0.1) is 0 Å². The first kappa shape index (κ1) is 17.7. The van der Waals surface area contributed by atoms with Crippen molar-refractivity contribution >= 4 is 33.2 Å². The molecule has 2 atom stereocenters. The number of rotatable bonds is 7. The first-order chi connectivity index (χ1) is 10.9. The van der Waals surface area contributed by atoms with Gasteiger partial charge in [0.1, 0.15) is 0 Å². The van der Waals surface area contributed by atoms with E-state index in [1.165, 1.54) is 13.2 Å². The molecule has 0 amide bonds. The molecule has 126 valence electrons. The molecule has 0 saturated carbocycles. The van der Waals surface area contributed by atoms with Crippen molar-refractivity contribution in [2.24, 2.45) is 0 Å². The summed E-state index contributed by atoms with van der Waals surface area (Å²) in [6.45, 7) is 1.39. The molecule has 0 fully saturated rings. The van der Waals surface area contributed by atoms with E-state index in [4.69, 9.17) is 18.1 Å². The number of esters is 1. The topological polar surface area (TPSA) is 122 Å². The van der Waals surface area contributed by atoms with Gasteiger partial charge in [-0.25, -0.2) is 8.93 Å². The van der Waals surface area contributed by atoms with E-state index >= 15 is 0 Å². The Morgan fingerprint density at radius 3 is 2.87 bits per heavy atom. The molecule has 8 nitrogen and oxygen atoms in total. The number of nitrogens with one attached hydrogen (secondary N) is 1. The maximum absolute atomic E-state index is 11.2. The second-order valence-electron chi connectivity index (χ2n) is 4.44. The molecule has 2 heterocycles. The summed E-state index contributed by atoms with van der Waals surface area (Å²) in [4.78, 5) is 10.8. The van der Waals surface area contributed by atoms with Gasteiger partial charge >= 0.3 is 5.97 Å². The van der Waals surface area contributed by atoms with Crippen LogP contribution in [0.25, 0.3) is 11.5 Å². The van der Waals surface area contributed by atoms with Crippen molar-refractivity contribution in [2.75, 3.05) is 6.54 Å². The van der Waals surface area contributed by atoms with Gasteiger partial charge in [0.2, 0.25) is 28.5 Å². The quantitative estimate of drug-likeness (QED) is 0.366. The van der Waals surface area contributed by atoms with Gasteiger partial charge in [0.25, 0.3) is 0 Å². The van der Waals surface area contributed by atoms with E-state index in [9.17, 15) is 14.1 Å². The SMILES string of the molecule is CC(=O)Oc1c(C(Br)CCNS(=O)O)oc(-c2ccco2)c1O. The Morgan fingerprint density at radius 1 is 1.57 bits per heavy atom. The number of hydrogen-bond acceptors (Lipinski definition) is 6. The molecule has 0 spiro atoms. The maximum atomic E-state index is 11.2. The Hall–Kier alpha value is -1.62. The molecular weight excluding hydrogens is 394 g/mol. The van der Waals surface area contributed by atoms with Crippen LogP contribution in [0, 0.1) is 0 Å². The third-order valence-electron chi connectivity index (χ3n) is 2.76. The Labute approximate surface area is 142 Å². The first-order valence-electron chi connectivity index (χ1n) is 6.46. The fourth-order valence-corrected chi connectivity index (χ4v) is 2.67. The lowest BCUT2D eigenvalue weighted by atomic mass is 10.2. The maximum Gasteiger partial charge on any atom is 0.308 e. The van der Waals surface area contributed by atoms with Crippen LogP contribution in [-0.2, 0) is 16.1 Å². The smallest absolute Gasteiger partial charge is 0.308 e. The second kappa shape index (κ2) is 7.77. The van der Waals surface area contributed by atoms with E-state index in [1.807, 2.05) is 0 Å². The van der Waals surface area contributed by atoms with Crippen LogP contribution < -0.4 is 9.46 Å². The molecule has 0 aliphatic heterocycles. The Bertz CT molecular complexity index is 697. The van der Waals surface area contributed by atoms with Crippen molar-refractivity contribution < 1.29 is 32.2 Å². The van der Waals surface area contributed by atoms with Gasteiger partial charge in [0.05, 0.1) is 11.1 Å². The zero-order valence-electron chi connectivity index (χ0n) is 11.9. The highest BCUT2D eigenvalue weighted by Crippen LogP contribution is 2.48. The number of alkyl halides is 1. The molecule has 3 N–H and O–H groups in total. The fraction of sp³-hybridized carbons (Fsp3) is 0.308. The molecule has 0 aliphatic rings. The van der Waals surface area contributed by atoms with Gasteiger partial charge in [-0.1, -0.05) is 15.9 Å². The molecule has 10 heteroatoms. The van der Waals surface area contributed by atoms with E-state index in [0.29, 0.717) is 6.42 Å². The van der Waals surface area contributed by atoms with Crippen LogP contribution in [0.3, 0.4) is 0 Å². The zero-order valence-corrected chi connectivity index (χ0v) is 14.3. The summed E-state index contributed by atoms with van der Waals surface area (Å²) in [6.07, 6.45) is 1.75. The highest BCUT2D eigenvalue weighted by atomic mass is 79.9. The number of furan rings is 2. The molecular formula is C13H14BrNO7S. The van der Waals surface area contributed by atoms with Gasteiger partial charge in [-0.2, -0.15) is 0 Å². The van der Waals surface area contributed by atoms with Gasteiger partial charge in [0.15, 0.2) is 11.5 Å². The van der Waals surface area contributed by atoms with Crippen LogP contribution in [0.5, 0.6) is 11.5 Å². The normalized spacial score (nSPS) is 13.7. The van der Waals surface area contributed by atoms with E-state index in [0.717, 1.165) is 0 Å². The van der Waals surface area contributed by atoms with Gasteiger partial charge in [-0.05, 0) is 18.6 Å². The van der Waals surface area contributed by atoms with E-state index < -0.39 is 22.1 Å². The lowest BCUT2D eigenvalue weighted by Crippen LogP contribution is -2.18. The fourth-order valence-electron chi connectivity index (χ4n) is 1.85. The van der Waals surface area contributed by atoms with Crippen LogP contribution in [0.1, 0.15) is 23.9 Å². The lowest BCUT2D eigenvalue weighted by Gasteiger charge is -2.08. The van der Waals surface area contributed by atoms with E-state index in [1.54, 1.807) is 12.1 Å². The van der Waals surface area contributed by atoms with Crippen molar-refractivity contribution in [3.63, 3.8) is 0 Å². The highest BCUT2D eigenvalue weighted by molar-refractivity contribution is 9.09. The van der Waals surface area contributed by atoms with Crippen molar-refractivity contribution in [3.05, 3.63) is 24.2 Å². The molecule has 0 aliphatic carbocycles. The minimum absolute atomic E-state index is 0.0318. The molecule has 2 aromatic rings. The molecule has 23 heavy (non-hydrogen) atoms. The average Bonchev–Trinajstić information content (AvgIpc) is 3.07. The van der Waals surface area contributed by atoms with E-state index in [-0.39, 0.29) is 35.3 Å². The van der Waals surface area contributed by atoms with Crippen molar-refractivity contribution in [3.8, 4) is 23.0 Å². The summed E-state index contributed by atoms with van der Waals surface area (Å²) in [7, 11) is 0. The Morgan fingerprint density at radius 2 is 2.30 bits per heavy atom. The van der Waals surface area contributed by atoms with E-state index in [2.05, 4.69) is 20.7 Å². The molecule has 2 aromatic heterocycles. The Kier molecular flexibility index (Phi) is 5.99. The summed E-state index contributed by atoms with van der Waals surface area (Å²) >= 11 is 1.21. The van der Waals surface area contributed by atoms with Gasteiger partial charge in [-0.3, -0.25) is 9.35 Å². The summed E-state index contributed by atoms with van der Waals surface area (Å²) in [6, 6.07) is 3.20. The average molecular weight is 408 g/mol. The largest absolute Gasteiger partial charge is 0.501 e. The van der Waals surface area contributed by atoms with Crippen molar-refractivity contribution in [1.82, 2.24) is 4.72 Å². The third kappa shape index (κ3) is 4.44. The molecule has 2 rings (SSSR count). The number of hydrogen-bond donors (Lipinski definition) is 3. The molecule has 2 unspecified atom stereocenters. The summed E-state index contributed by atoms with van der Waals surface area (Å²) in [5.41, 5.74) is 0. The summed E-state index contributed by atoms with van der Waals surface area (Å²) in [5.74, 6) is -0.609. The van der Waals surface area contributed by atoms with Crippen molar-refractivity contribution in [2.45, 2.75) is 18.2 Å². The number of carbonyl (C=O) groups excluding carboxylic acids is 1. The van der Waals surface area contributed by atoms with Crippen LogP contribution in [0.15, 0.2) is 27.2 Å². The molecule has 0 saturated heterocycles. The summed E-state index contributed by atoms with van der Waals surface area (Å²) < 4.78 is 37.4. The van der Waals surface area contributed by atoms with Crippen LogP contribution >= 0.6 is 15.9 Å². The minimum atomic E-state index is -2.13. The highest BCUT2D eigenvalue weighted by Gasteiger charge is 2.29. The Balaban J connectivity index is 2.30. The standard InChI is InChI=1S/C13H14BrNO7S/c1-7(16)21-13-10(17)12(9-3-2-6-20-9)22-11(13)8(14)4-5-15-23(18)19/h2-3,6,8,15,17H,4-5H2,1H3,(H,18,19). The lowest BCUT2D eigenvalue weighted by molar-refractivity contribution is -0.132.